The van der Waals surface area contributed by atoms with Crippen LogP contribution in [0.2, 0.25) is 0 Å². The minimum atomic E-state index is -4.05. The van der Waals surface area contributed by atoms with Crippen LogP contribution in [-0.2, 0) is 20.5 Å². The number of anilines is 2. The fourth-order valence-electron chi connectivity index (χ4n) is 5.90. The molecule has 3 heterocycles. The van der Waals surface area contributed by atoms with E-state index in [9.17, 15) is 13.2 Å². The van der Waals surface area contributed by atoms with E-state index in [1.54, 1.807) is 53.7 Å². The standard InChI is InChI=1S/C38H38FN7O5S/c1-24-9-14-28-29(15-16-31(39)33(28)45-52(48,49)23-26-12-10-25(21-40)11-13-26)34(24)50-35-30(8-5-18-41-35)32-17-19-42-36(44-32)43-27-7-6-20-46(22-27)37(47)51-38(2,3)4/h5,8-19,27,45H,6-7,20,22-23H2,1-4H3,(H,42,43,44)/t27-/m0/s1. The zero-order chi connectivity index (χ0) is 37.0. The van der Waals surface area contributed by atoms with Crippen LogP contribution in [0.5, 0.6) is 11.6 Å². The summed E-state index contributed by atoms with van der Waals surface area (Å²) in [6.07, 6.45) is 4.46. The van der Waals surface area contributed by atoms with Gasteiger partial charge in [0.05, 0.1) is 34.3 Å². The number of ether oxygens (including phenoxy) is 2. The highest BCUT2D eigenvalue weighted by molar-refractivity contribution is 7.91. The Kier molecular flexibility index (Phi) is 10.3. The van der Waals surface area contributed by atoms with E-state index in [0.29, 0.717) is 63.5 Å². The van der Waals surface area contributed by atoms with Gasteiger partial charge in [0.15, 0.2) is 0 Å². The summed E-state index contributed by atoms with van der Waals surface area (Å²) >= 11 is 0. The molecule has 1 amide bonds. The van der Waals surface area contributed by atoms with Gasteiger partial charge in [0, 0.05) is 42.3 Å². The van der Waals surface area contributed by atoms with Crippen molar-refractivity contribution in [3.05, 3.63) is 102 Å². The molecule has 1 saturated heterocycles. The Morgan fingerprint density at radius 2 is 1.81 bits per heavy atom. The number of nitrogens with one attached hydrogen (secondary N) is 2. The zero-order valence-electron chi connectivity index (χ0n) is 29.2. The number of fused-ring (bicyclic) bond motifs is 1. The fourth-order valence-corrected chi connectivity index (χ4v) is 7.12. The number of benzene rings is 3. The molecule has 52 heavy (non-hydrogen) atoms. The number of carbonyl (C=O) groups excluding carboxylic acids is 1. The van der Waals surface area contributed by atoms with Gasteiger partial charge in [-0.2, -0.15) is 5.26 Å². The second-order valence-electron chi connectivity index (χ2n) is 13.5. The van der Waals surface area contributed by atoms with Crippen LogP contribution >= 0.6 is 0 Å². The molecule has 2 aromatic heterocycles. The van der Waals surface area contributed by atoms with Crippen molar-refractivity contribution in [2.45, 2.75) is 57.9 Å². The van der Waals surface area contributed by atoms with Gasteiger partial charge in [-0.15, -0.1) is 0 Å². The molecular weight excluding hydrogens is 686 g/mol. The van der Waals surface area contributed by atoms with Crippen LogP contribution < -0.4 is 14.8 Å². The molecule has 1 aliphatic heterocycles. The first-order valence-electron chi connectivity index (χ1n) is 16.7. The fraction of sp³-hybridized carbons (Fsp3) is 0.289. The number of piperidine rings is 1. The monoisotopic (exact) mass is 723 g/mol. The Morgan fingerprint density at radius 1 is 1.04 bits per heavy atom. The Balaban J connectivity index is 1.25. The molecule has 1 fully saturated rings. The lowest BCUT2D eigenvalue weighted by atomic mass is 10.0. The molecule has 1 aliphatic rings. The van der Waals surface area contributed by atoms with Gasteiger partial charge < -0.3 is 19.7 Å². The van der Waals surface area contributed by atoms with E-state index in [4.69, 9.17) is 19.7 Å². The third-order valence-electron chi connectivity index (χ3n) is 8.30. The number of carbonyl (C=O) groups is 1. The maximum absolute atomic E-state index is 15.3. The van der Waals surface area contributed by atoms with Gasteiger partial charge in [-0.25, -0.2) is 32.6 Å². The van der Waals surface area contributed by atoms with Crippen LogP contribution in [0.3, 0.4) is 0 Å². The van der Waals surface area contributed by atoms with Crippen molar-refractivity contribution in [1.29, 1.82) is 5.26 Å². The lowest BCUT2D eigenvalue weighted by Gasteiger charge is -2.34. The van der Waals surface area contributed by atoms with E-state index in [-0.39, 0.29) is 23.7 Å². The second-order valence-corrected chi connectivity index (χ2v) is 15.3. The van der Waals surface area contributed by atoms with Gasteiger partial charge in [0.2, 0.25) is 21.9 Å². The number of halogens is 1. The number of aryl methyl sites for hydroxylation is 1. The van der Waals surface area contributed by atoms with Crippen molar-refractivity contribution in [2.75, 3.05) is 23.1 Å². The van der Waals surface area contributed by atoms with Gasteiger partial charge in [-0.3, -0.25) is 4.72 Å². The first-order valence-corrected chi connectivity index (χ1v) is 18.4. The lowest BCUT2D eigenvalue weighted by molar-refractivity contribution is 0.0206. The minimum absolute atomic E-state index is 0.0874. The Bertz CT molecular complexity index is 2270. The largest absolute Gasteiger partial charge is 0.444 e. The summed E-state index contributed by atoms with van der Waals surface area (Å²) in [7, 11) is -4.05. The Morgan fingerprint density at radius 3 is 2.56 bits per heavy atom. The average Bonchev–Trinajstić information content (AvgIpc) is 3.10. The molecule has 3 aromatic carbocycles. The number of hydrogen-bond donors (Lipinski definition) is 2. The van der Waals surface area contributed by atoms with Crippen molar-refractivity contribution in [3.63, 3.8) is 0 Å². The van der Waals surface area contributed by atoms with Crippen LogP contribution in [0.25, 0.3) is 22.0 Å². The summed E-state index contributed by atoms with van der Waals surface area (Å²) in [5.41, 5.74) is 1.84. The Labute approximate surface area is 301 Å². The smallest absolute Gasteiger partial charge is 0.410 e. The van der Waals surface area contributed by atoms with E-state index in [2.05, 4.69) is 20.0 Å². The van der Waals surface area contributed by atoms with Gasteiger partial charge in [-0.1, -0.05) is 24.3 Å². The predicted molar refractivity (Wildman–Crippen MR) is 196 cm³/mol. The zero-order valence-corrected chi connectivity index (χ0v) is 30.0. The second kappa shape index (κ2) is 14.8. The molecule has 0 bridgehead atoms. The van der Waals surface area contributed by atoms with Crippen molar-refractivity contribution in [2.24, 2.45) is 0 Å². The number of sulfonamides is 1. The topological polar surface area (TPSA) is 159 Å². The molecule has 5 aromatic rings. The molecule has 6 rings (SSSR count). The highest BCUT2D eigenvalue weighted by atomic mass is 32.2. The number of aromatic nitrogens is 3. The third-order valence-corrected chi connectivity index (χ3v) is 9.53. The van der Waals surface area contributed by atoms with E-state index < -0.39 is 27.2 Å². The average molecular weight is 724 g/mol. The molecular formula is C38H38FN7O5S. The van der Waals surface area contributed by atoms with Crippen LogP contribution in [0.15, 0.2) is 79.1 Å². The summed E-state index contributed by atoms with van der Waals surface area (Å²) in [6.45, 7) is 8.39. The van der Waals surface area contributed by atoms with Crippen molar-refractivity contribution in [3.8, 4) is 29.0 Å². The number of pyridine rings is 1. The SMILES string of the molecule is Cc1ccc2c(NS(=O)(=O)Cc3ccc(C#N)cc3)c(F)ccc2c1Oc1ncccc1-c1ccnc(N[C@H]2CCCN(C(=O)OC(C)(C)C)C2)n1. The molecule has 0 radical (unpaired) electrons. The quantitative estimate of drug-likeness (QED) is 0.155. The maximum Gasteiger partial charge on any atom is 0.410 e. The summed E-state index contributed by atoms with van der Waals surface area (Å²) in [6, 6.07) is 19.4. The summed E-state index contributed by atoms with van der Waals surface area (Å²) < 4.78 is 56.1. The van der Waals surface area contributed by atoms with E-state index in [1.165, 1.54) is 24.3 Å². The molecule has 0 unspecified atom stereocenters. The molecule has 0 spiro atoms. The molecule has 0 aliphatic carbocycles. The lowest BCUT2D eigenvalue weighted by Crippen LogP contribution is -2.47. The summed E-state index contributed by atoms with van der Waals surface area (Å²) in [4.78, 5) is 28.0. The molecule has 12 nitrogen and oxygen atoms in total. The maximum atomic E-state index is 15.3. The normalized spacial score (nSPS) is 14.8. The van der Waals surface area contributed by atoms with Crippen LogP contribution in [0, 0.1) is 24.1 Å². The van der Waals surface area contributed by atoms with Gasteiger partial charge in [-0.05, 0) is 94.1 Å². The van der Waals surface area contributed by atoms with Gasteiger partial charge in [0.1, 0.15) is 17.2 Å². The van der Waals surface area contributed by atoms with E-state index in [1.807, 2.05) is 39.8 Å². The summed E-state index contributed by atoms with van der Waals surface area (Å²) in [5, 5.41) is 13.2. The number of hydrogen-bond acceptors (Lipinski definition) is 10. The molecule has 14 heteroatoms. The first-order chi connectivity index (χ1) is 24.8. The van der Waals surface area contributed by atoms with Crippen LogP contribution in [0.1, 0.15) is 50.3 Å². The number of nitriles is 1. The highest BCUT2D eigenvalue weighted by Crippen LogP contribution is 2.40. The minimum Gasteiger partial charge on any atom is -0.444 e. The molecule has 0 saturated carbocycles. The van der Waals surface area contributed by atoms with Crippen LogP contribution in [-0.4, -0.2) is 59.1 Å². The number of nitrogens with zero attached hydrogens (tertiary/aromatic N) is 5. The third kappa shape index (κ3) is 8.55. The molecule has 2 N–H and O–H groups in total. The van der Waals surface area contributed by atoms with E-state index >= 15 is 4.39 Å². The van der Waals surface area contributed by atoms with Crippen molar-refractivity contribution in [1.82, 2.24) is 19.9 Å². The number of amides is 1. The predicted octanol–water partition coefficient (Wildman–Crippen LogP) is 7.56. The summed E-state index contributed by atoms with van der Waals surface area (Å²) in [5.74, 6) is -0.208. The number of likely N-dealkylation sites (tertiary alicyclic amines) is 1. The van der Waals surface area contributed by atoms with Gasteiger partial charge in [0.25, 0.3) is 0 Å². The number of rotatable bonds is 9. The Hall–Kier alpha value is -5.81. The first kappa shape index (κ1) is 36.0. The van der Waals surface area contributed by atoms with Crippen molar-refractivity contribution >= 4 is 38.5 Å². The van der Waals surface area contributed by atoms with Crippen LogP contribution in [0.4, 0.5) is 20.8 Å². The molecule has 1 atom stereocenters. The van der Waals surface area contributed by atoms with Crippen molar-refractivity contribution < 1.29 is 27.1 Å². The van der Waals surface area contributed by atoms with E-state index in [0.717, 1.165) is 12.8 Å². The molecule has 268 valence electrons. The van der Waals surface area contributed by atoms with Gasteiger partial charge >= 0.3 is 6.09 Å². The highest BCUT2D eigenvalue weighted by Gasteiger charge is 2.28.